The number of carbonyl (C=O) groups is 1. The molecule has 0 radical (unpaired) electrons. The Morgan fingerprint density at radius 3 is 2.59 bits per heavy atom. The van der Waals surface area contributed by atoms with Crippen molar-refractivity contribution < 1.29 is 13.2 Å². The Kier molecular flexibility index (Phi) is 3.44. The van der Waals surface area contributed by atoms with E-state index in [0.29, 0.717) is 25.1 Å². The van der Waals surface area contributed by atoms with Gasteiger partial charge in [0.25, 0.3) is 0 Å². The maximum Gasteiger partial charge on any atom is 0.243 e. The molecular weight excluding hydrogens is 260 g/mol. The molecule has 7 heteroatoms. The van der Waals surface area contributed by atoms with Crippen LogP contribution in [0.4, 0.5) is 0 Å². The van der Waals surface area contributed by atoms with E-state index in [0.717, 1.165) is 12.2 Å². The molecule has 0 aromatic rings. The van der Waals surface area contributed by atoms with Crippen LogP contribution in [0.2, 0.25) is 0 Å². The SMILES string of the molecule is CS(=O)(=O)C1CSCCN1C(=O)C1(N)CCC1. The summed E-state index contributed by atoms with van der Waals surface area (Å²) in [4.78, 5) is 13.8. The van der Waals surface area contributed by atoms with Gasteiger partial charge in [-0.3, -0.25) is 4.79 Å². The maximum atomic E-state index is 12.3. The number of amides is 1. The first kappa shape index (κ1) is 13.2. The Hall–Kier alpha value is -0.270. The molecular formula is C10H18N2O3S2. The van der Waals surface area contributed by atoms with E-state index in [1.807, 2.05) is 0 Å². The standard InChI is InChI=1S/C10H18N2O3S2/c1-17(14,15)8-7-16-6-5-12(8)9(13)10(11)3-2-4-10/h8H,2-7,11H2,1H3. The quantitative estimate of drug-likeness (QED) is 0.757. The first-order valence-electron chi connectivity index (χ1n) is 5.71. The second kappa shape index (κ2) is 4.44. The van der Waals surface area contributed by atoms with E-state index in [9.17, 15) is 13.2 Å². The van der Waals surface area contributed by atoms with Crippen molar-refractivity contribution in [2.24, 2.45) is 5.73 Å². The lowest BCUT2D eigenvalue weighted by atomic mass is 9.76. The van der Waals surface area contributed by atoms with Gasteiger partial charge in [-0.05, 0) is 19.3 Å². The van der Waals surface area contributed by atoms with Crippen molar-refractivity contribution in [3.05, 3.63) is 0 Å². The molecule has 5 nitrogen and oxygen atoms in total. The molecule has 17 heavy (non-hydrogen) atoms. The minimum atomic E-state index is -3.24. The van der Waals surface area contributed by atoms with Crippen molar-refractivity contribution >= 4 is 27.5 Å². The number of nitrogens with two attached hydrogens (primary N) is 1. The van der Waals surface area contributed by atoms with Gasteiger partial charge in [-0.15, -0.1) is 0 Å². The number of hydrogen-bond donors (Lipinski definition) is 1. The normalized spacial score (nSPS) is 28.6. The molecule has 1 unspecified atom stereocenters. The topological polar surface area (TPSA) is 80.5 Å². The summed E-state index contributed by atoms with van der Waals surface area (Å²) < 4.78 is 23.4. The summed E-state index contributed by atoms with van der Waals surface area (Å²) in [7, 11) is -3.24. The van der Waals surface area contributed by atoms with Crippen LogP contribution in [-0.2, 0) is 14.6 Å². The van der Waals surface area contributed by atoms with Gasteiger partial charge in [0.2, 0.25) is 5.91 Å². The van der Waals surface area contributed by atoms with Crippen LogP contribution in [-0.4, -0.2) is 54.4 Å². The highest BCUT2D eigenvalue weighted by atomic mass is 32.2. The summed E-state index contributed by atoms with van der Waals surface area (Å²) in [5.41, 5.74) is 5.19. The lowest BCUT2D eigenvalue weighted by Crippen LogP contribution is -2.63. The van der Waals surface area contributed by atoms with Crippen molar-refractivity contribution in [3.63, 3.8) is 0 Å². The number of carbonyl (C=O) groups excluding carboxylic acids is 1. The first-order valence-corrected chi connectivity index (χ1v) is 8.82. The van der Waals surface area contributed by atoms with Gasteiger partial charge in [-0.2, -0.15) is 11.8 Å². The van der Waals surface area contributed by atoms with Crippen LogP contribution in [0.15, 0.2) is 0 Å². The molecule has 98 valence electrons. The van der Waals surface area contributed by atoms with Gasteiger partial charge >= 0.3 is 0 Å². The first-order chi connectivity index (χ1) is 7.84. The number of hydrogen-bond acceptors (Lipinski definition) is 5. The second-order valence-electron chi connectivity index (χ2n) is 4.87. The molecule has 1 saturated heterocycles. The molecule has 1 saturated carbocycles. The molecule has 2 fully saturated rings. The Labute approximate surface area is 106 Å². The Balaban J connectivity index is 2.19. The molecule has 1 amide bonds. The van der Waals surface area contributed by atoms with Crippen LogP contribution in [0, 0.1) is 0 Å². The monoisotopic (exact) mass is 278 g/mol. The highest BCUT2D eigenvalue weighted by Crippen LogP contribution is 2.33. The Bertz CT molecular complexity index is 417. The fourth-order valence-corrected chi connectivity index (χ4v) is 5.04. The zero-order valence-electron chi connectivity index (χ0n) is 9.89. The van der Waals surface area contributed by atoms with E-state index in [-0.39, 0.29) is 5.91 Å². The average molecular weight is 278 g/mol. The summed E-state index contributed by atoms with van der Waals surface area (Å²) in [6.07, 6.45) is 3.49. The molecule has 1 aliphatic carbocycles. The van der Waals surface area contributed by atoms with E-state index in [1.165, 1.54) is 11.2 Å². The van der Waals surface area contributed by atoms with E-state index in [2.05, 4.69) is 0 Å². The third kappa shape index (κ3) is 2.46. The molecule has 2 aliphatic rings. The number of sulfone groups is 1. The van der Waals surface area contributed by atoms with E-state index in [4.69, 9.17) is 5.73 Å². The molecule has 0 bridgehead atoms. The molecule has 0 aromatic heterocycles. The highest BCUT2D eigenvalue weighted by Gasteiger charge is 2.46. The molecule has 2 N–H and O–H groups in total. The van der Waals surface area contributed by atoms with Gasteiger partial charge in [0.1, 0.15) is 5.37 Å². The minimum absolute atomic E-state index is 0.181. The van der Waals surface area contributed by atoms with E-state index >= 15 is 0 Å². The Morgan fingerprint density at radius 1 is 1.47 bits per heavy atom. The van der Waals surface area contributed by atoms with Gasteiger partial charge in [0.15, 0.2) is 9.84 Å². The van der Waals surface area contributed by atoms with Gasteiger partial charge < -0.3 is 10.6 Å². The van der Waals surface area contributed by atoms with Crippen molar-refractivity contribution in [3.8, 4) is 0 Å². The van der Waals surface area contributed by atoms with Gasteiger partial charge in [0.05, 0.1) is 5.54 Å². The van der Waals surface area contributed by atoms with Crippen LogP contribution in [0.5, 0.6) is 0 Å². The highest BCUT2D eigenvalue weighted by molar-refractivity contribution is 8.00. The van der Waals surface area contributed by atoms with Gasteiger partial charge in [-0.1, -0.05) is 0 Å². The lowest BCUT2D eigenvalue weighted by Gasteiger charge is -2.44. The number of nitrogens with zero attached hydrogens (tertiary/aromatic N) is 1. The summed E-state index contributed by atoms with van der Waals surface area (Å²) in [5, 5.41) is -0.699. The molecule has 0 aromatic carbocycles. The molecule has 0 spiro atoms. The van der Waals surface area contributed by atoms with Crippen molar-refractivity contribution in [2.45, 2.75) is 30.2 Å². The fraction of sp³-hybridized carbons (Fsp3) is 0.900. The summed E-state index contributed by atoms with van der Waals surface area (Å²) in [6, 6.07) is 0. The maximum absolute atomic E-state index is 12.3. The van der Waals surface area contributed by atoms with Crippen LogP contribution in [0.3, 0.4) is 0 Å². The zero-order chi connectivity index (χ0) is 12.7. The minimum Gasteiger partial charge on any atom is -0.322 e. The predicted molar refractivity (Wildman–Crippen MR) is 68.4 cm³/mol. The summed E-state index contributed by atoms with van der Waals surface area (Å²) in [5.74, 6) is 1.06. The van der Waals surface area contributed by atoms with Crippen LogP contribution in [0.1, 0.15) is 19.3 Å². The number of rotatable bonds is 2. The largest absolute Gasteiger partial charge is 0.322 e. The van der Waals surface area contributed by atoms with Crippen LogP contribution in [0.25, 0.3) is 0 Å². The molecule has 2 rings (SSSR count). The third-order valence-corrected chi connectivity index (χ3v) is 6.15. The van der Waals surface area contributed by atoms with Crippen LogP contribution < -0.4 is 5.73 Å². The average Bonchev–Trinajstić information content (AvgIpc) is 2.24. The van der Waals surface area contributed by atoms with Gasteiger partial charge in [-0.25, -0.2) is 8.42 Å². The van der Waals surface area contributed by atoms with Crippen molar-refractivity contribution in [2.75, 3.05) is 24.3 Å². The van der Waals surface area contributed by atoms with Crippen molar-refractivity contribution in [1.82, 2.24) is 4.90 Å². The summed E-state index contributed by atoms with van der Waals surface area (Å²) in [6.45, 7) is 0.486. The zero-order valence-corrected chi connectivity index (χ0v) is 11.5. The molecule has 1 heterocycles. The molecule has 1 atom stereocenters. The smallest absolute Gasteiger partial charge is 0.243 e. The third-order valence-electron chi connectivity index (χ3n) is 3.51. The predicted octanol–water partition coefficient (Wildman–Crippen LogP) is -0.186. The van der Waals surface area contributed by atoms with E-state index < -0.39 is 20.8 Å². The van der Waals surface area contributed by atoms with Crippen LogP contribution >= 0.6 is 11.8 Å². The number of thioether (sulfide) groups is 1. The van der Waals surface area contributed by atoms with Gasteiger partial charge in [0, 0.05) is 24.3 Å². The van der Waals surface area contributed by atoms with E-state index in [1.54, 1.807) is 11.8 Å². The molecule has 1 aliphatic heterocycles. The Morgan fingerprint density at radius 2 is 2.12 bits per heavy atom. The second-order valence-corrected chi connectivity index (χ2v) is 8.22. The van der Waals surface area contributed by atoms with Crippen molar-refractivity contribution in [1.29, 1.82) is 0 Å². The summed E-state index contributed by atoms with van der Waals surface area (Å²) >= 11 is 1.57. The fourth-order valence-electron chi connectivity index (χ4n) is 2.23. The lowest BCUT2D eigenvalue weighted by molar-refractivity contribution is -0.140.